The van der Waals surface area contributed by atoms with Crippen molar-refractivity contribution >= 4 is 28.4 Å². The minimum Gasteiger partial charge on any atom is -0.359 e. The summed E-state index contributed by atoms with van der Waals surface area (Å²) in [6.45, 7) is -0.193. The molecule has 2 aromatic rings. The van der Waals surface area contributed by atoms with Crippen LogP contribution in [-0.2, 0) is 9.59 Å². The number of carbonyl (C=O) groups excluding carboxylic acids is 2. The van der Waals surface area contributed by atoms with E-state index >= 15 is 0 Å². The van der Waals surface area contributed by atoms with Crippen molar-refractivity contribution in [2.75, 3.05) is 11.9 Å². The second-order valence-corrected chi connectivity index (χ2v) is 5.86. The van der Waals surface area contributed by atoms with Gasteiger partial charge in [0, 0.05) is 30.5 Å². The first-order chi connectivity index (χ1) is 11.3. The first-order valence-electron chi connectivity index (χ1n) is 7.39. The van der Waals surface area contributed by atoms with E-state index in [1.54, 1.807) is 12.3 Å². The molecule has 0 spiro atoms. The summed E-state index contributed by atoms with van der Waals surface area (Å²) in [5.74, 6) is -1.90. The topological polar surface area (TPSA) is 86.9 Å². The molecule has 0 bridgehead atoms. The maximum Gasteiger partial charge on any atom is 0.394 e. The van der Waals surface area contributed by atoms with Gasteiger partial charge in [0.15, 0.2) is 0 Å². The molecule has 0 saturated heterocycles. The van der Waals surface area contributed by atoms with E-state index in [0.717, 1.165) is 5.52 Å². The molecule has 1 saturated carbocycles. The van der Waals surface area contributed by atoms with Gasteiger partial charge >= 0.3 is 18.0 Å². The van der Waals surface area contributed by atoms with Gasteiger partial charge in [-0.25, -0.2) is 0 Å². The molecule has 0 radical (unpaired) electrons. The summed E-state index contributed by atoms with van der Waals surface area (Å²) in [7, 11) is 0. The molecular formula is C15H15F3N4O2. The molecule has 128 valence electrons. The third kappa shape index (κ3) is 3.06. The predicted molar refractivity (Wildman–Crippen MR) is 80.1 cm³/mol. The van der Waals surface area contributed by atoms with Crippen molar-refractivity contribution in [3.8, 4) is 0 Å². The number of fused-ring (bicyclic) bond motifs is 1. The summed E-state index contributed by atoms with van der Waals surface area (Å²) < 4.78 is 38.3. The van der Waals surface area contributed by atoms with E-state index in [1.165, 1.54) is 12.4 Å². The predicted octanol–water partition coefficient (Wildman–Crippen LogP) is 2.35. The highest BCUT2D eigenvalue weighted by atomic mass is 19.4. The molecule has 2 amide bonds. The Balaban J connectivity index is 1.53. The van der Waals surface area contributed by atoms with Crippen molar-refractivity contribution in [3.05, 3.63) is 24.7 Å². The molecule has 2 heterocycles. The maximum absolute atomic E-state index is 12.8. The molecule has 0 atom stereocenters. The van der Waals surface area contributed by atoms with Gasteiger partial charge in [0.1, 0.15) is 0 Å². The first-order valence-corrected chi connectivity index (χ1v) is 7.39. The zero-order chi connectivity index (χ0) is 17.4. The molecule has 3 N–H and O–H groups in total. The lowest BCUT2D eigenvalue weighted by Gasteiger charge is -2.18. The summed E-state index contributed by atoms with van der Waals surface area (Å²) in [5.41, 5.74) is -0.576. The monoisotopic (exact) mass is 340 g/mol. The lowest BCUT2D eigenvalue weighted by molar-refractivity contribution is -0.188. The molecule has 1 aliphatic carbocycles. The Morgan fingerprint density at radius 1 is 1.29 bits per heavy atom. The number of H-pyrrole nitrogens is 1. The van der Waals surface area contributed by atoms with Crippen molar-refractivity contribution in [2.45, 2.75) is 25.4 Å². The number of hydrogen-bond acceptors (Lipinski definition) is 3. The number of rotatable bonds is 4. The fraction of sp³-hybridized carbons (Fsp3) is 0.400. The van der Waals surface area contributed by atoms with Crippen LogP contribution in [0.1, 0.15) is 19.3 Å². The second kappa shape index (κ2) is 5.81. The van der Waals surface area contributed by atoms with Crippen LogP contribution in [0.4, 0.5) is 18.9 Å². The number of nitrogens with one attached hydrogen (secondary N) is 3. The molecule has 0 aliphatic heterocycles. The largest absolute Gasteiger partial charge is 0.394 e. The highest BCUT2D eigenvalue weighted by Gasteiger charge is 2.62. The molecule has 0 unspecified atom stereocenters. The van der Waals surface area contributed by atoms with Crippen LogP contribution in [-0.4, -0.2) is 34.5 Å². The van der Waals surface area contributed by atoms with Crippen LogP contribution < -0.4 is 10.6 Å². The fourth-order valence-electron chi connectivity index (χ4n) is 2.57. The lowest BCUT2D eigenvalue weighted by Crippen LogP contribution is -2.38. The number of halogens is 3. The van der Waals surface area contributed by atoms with E-state index in [1.807, 2.05) is 0 Å². The van der Waals surface area contributed by atoms with Crippen LogP contribution >= 0.6 is 0 Å². The average Bonchev–Trinajstić information content (AvgIpc) is 3.23. The number of amides is 2. The third-order valence-electron chi connectivity index (χ3n) is 4.28. The van der Waals surface area contributed by atoms with E-state index in [-0.39, 0.29) is 25.8 Å². The number of nitrogens with zero attached hydrogens (tertiary/aromatic N) is 1. The van der Waals surface area contributed by atoms with Gasteiger partial charge < -0.3 is 15.6 Å². The highest BCUT2D eigenvalue weighted by Crippen LogP contribution is 2.59. The Morgan fingerprint density at radius 2 is 2.04 bits per heavy atom. The van der Waals surface area contributed by atoms with E-state index in [0.29, 0.717) is 11.1 Å². The lowest BCUT2D eigenvalue weighted by atomic mass is 10.0. The fourth-order valence-corrected chi connectivity index (χ4v) is 2.57. The molecule has 24 heavy (non-hydrogen) atoms. The van der Waals surface area contributed by atoms with E-state index in [9.17, 15) is 22.8 Å². The quantitative estimate of drug-likeness (QED) is 0.747. The number of hydrogen-bond donors (Lipinski definition) is 3. The Bertz CT molecular complexity index is 780. The van der Waals surface area contributed by atoms with Gasteiger partial charge in [0.2, 0.25) is 0 Å². The number of alkyl halides is 3. The van der Waals surface area contributed by atoms with Gasteiger partial charge in [-0.15, -0.1) is 0 Å². The van der Waals surface area contributed by atoms with Crippen LogP contribution in [0.5, 0.6) is 0 Å². The van der Waals surface area contributed by atoms with Crippen LogP contribution in [0.2, 0.25) is 0 Å². The molecule has 1 aliphatic rings. The molecular weight excluding hydrogens is 325 g/mol. The van der Waals surface area contributed by atoms with Gasteiger partial charge in [-0.1, -0.05) is 0 Å². The number of carbonyl (C=O) groups is 2. The Hall–Kier alpha value is -2.58. The normalized spacial score (nSPS) is 16.0. The first kappa shape index (κ1) is 16.3. The summed E-state index contributed by atoms with van der Waals surface area (Å²) in [5, 5.41) is 5.28. The van der Waals surface area contributed by atoms with Crippen molar-refractivity contribution in [2.24, 2.45) is 5.41 Å². The molecule has 1 fully saturated rings. The second-order valence-electron chi connectivity index (χ2n) is 5.86. The van der Waals surface area contributed by atoms with Crippen molar-refractivity contribution < 1.29 is 22.8 Å². The Morgan fingerprint density at radius 3 is 2.71 bits per heavy atom. The van der Waals surface area contributed by atoms with Gasteiger partial charge in [-0.2, -0.15) is 13.2 Å². The third-order valence-corrected chi connectivity index (χ3v) is 4.28. The Labute approximate surface area is 134 Å². The van der Waals surface area contributed by atoms with Gasteiger partial charge in [0.05, 0.1) is 16.6 Å². The smallest absolute Gasteiger partial charge is 0.359 e. The number of aromatic nitrogens is 2. The van der Waals surface area contributed by atoms with Gasteiger partial charge in [-0.3, -0.25) is 14.6 Å². The van der Waals surface area contributed by atoms with Gasteiger partial charge in [0.25, 0.3) is 0 Å². The molecule has 0 aromatic carbocycles. The van der Waals surface area contributed by atoms with E-state index in [4.69, 9.17) is 0 Å². The zero-order valence-corrected chi connectivity index (χ0v) is 12.5. The van der Waals surface area contributed by atoms with Crippen LogP contribution in [0.3, 0.4) is 0 Å². The Kier molecular flexibility index (Phi) is 3.94. The zero-order valence-electron chi connectivity index (χ0n) is 12.5. The number of aromatic amines is 1. The van der Waals surface area contributed by atoms with Crippen LogP contribution in [0.15, 0.2) is 24.7 Å². The van der Waals surface area contributed by atoms with Gasteiger partial charge in [-0.05, 0) is 25.3 Å². The average molecular weight is 340 g/mol. The van der Waals surface area contributed by atoms with E-state index < -0.39 is 23.4 Å². The molecule has 3 rings (SSSR count). The standard InChI is InChI=1S/C15H15F3N4O2/c16-15(17,18)14(2-3-14)4-6-20-12(23)13(24)22-11-8-21-10-1-5-19-7-9(10)11/h1,5,7-8,21H,2-4,6H2,(H,20,23)(H,22,24). The van der Waals surface area contributed by atoms with Crippen molar-refractivity contribution in [1.29, 1.82) is 0 Å². The van der Waals surface area contributed by atoms with Crippen molar-refractivity contribution in [1.82, 2.24) is 15.3 Å². The molecule has 2 aromatic heterocycles. The molecule has 9 heteroatoms. The van der Waals surface area contributed by atoms with Crippen molar-refractivity contribution in [3.63, 3.8) is 0 Å². The number of pyridine rings is 1. The SMILES string of the molecule is O=C(NCCC1(C(F)(F)F)CC1)C(=O)Nc1c[nH]c2ccncc12. The summed E-state index contributed by atoms with van der Waals surface area (Å²) in [6, 6.07) is 1.71. The van der Waals surface area contributed by atoms with Crippen LogP contribution in [0.25, 0.3) is 10.9 Å². The maximum atomic E-state index is 12.8. The number of anilines is 1. The minimum atomic E-state index is -4.27. The highest BCUT2D eigenvalue weighted by molar-refractivity contribution is 6.40. The van der Waals surface area contributed by atoms with E-state index in [2.05, 4.69) is 20.6 Å². The minimum absolute atomic E-state index is 0.0703. The summed E-state index contributed by atoms with van der Waals surface area (Å²) in [4.78, 5) is 30.4. The molecule has 6 nitrogen and oxygen atoms in total. The summed E-state index contributed by atoms with van der Waals surface area (Å²) in [6.07, 6.45) is 0.275. The van der Waals surface area contributed by atoms with Crippen LogP contribution in [0, 0.1) is 5.41 Å². The summed E-state index contributed by atoms with van der Waals surface area (Å²) >= 11 is 0.